The molecule has 0 bridgehead atoms. The van der Waals surface area contributed by atoms with Crippen LogP contribution in [-0.4, -0.2) is 10.2 Å². The first-order valence-corrected chi connectivity index (χ1v) is 4.16. The largest absolute Gasteiger partial charge is 0.508 e. The number of aliphatic hydroxyl groups is 1. The van der Waals surface area contributed by atoms with Crippen molar-refractivity contribution in [2.75, 3.05) is 0 Å². The molecule has 0 atom stereocenters. The molecule has 0 spiro atoms. The first-order valence-electron chi connectivity index (χ1n) is 4.16. The number of phenols is 1. The third kappa shape index (κ3) is 2.20. The number of phenolic OH excluding ortho intramolecular Hbond substituents is 1. The van der Waals surface area contributed by atoms with Gasteiger partial charge in [0.2, 0.25) is 0 Å². The lowest BCUT2D eigenvalue weighted by Gasteiger charge is -2.19. The number of halogens is 2. The summed E-state index contributed by atoms with van der Waals surface area (Å²) >= 11 is 0. The quantitative estimate of drug-likeness (QED) is 0.773. The molecule has 4 heteroatoms. The van der Waals surface area contributed by atoms with Crippen LogP contribution in [0.4, 0.5) is 8.78 Å². The maximum absolute atomic E-state index is 12.3. The summed E-state index contributed by atoms with van der Waals surface area (Å²) in [6.45, 7) is 2.86. The monoisotopic (exact) mass is 202 g/mol. The molecular formula is C10H12F2O2. The molecule has 0 heterocycles. The predicted molar refractivity (Wildman–Crippen MR) is 48.3 cm³/mol. The topological polar surface area (TPSA) is 40.5 Å². The van der Waals surface area contributed by atoms with Crippen molar-refractivity contribution >= 4 is 0 Å². The lowest BCUT2D eigenvalue weighted by Crippen LogP contribution is -2.16. The van der Waals surface area contributed by atoms with E-state index in [1.807, 2.05) is 0 Å². The van der Waals surface area contributed by atoms with E-state index < -0.39 is 12.0 Å². The van der Waals surface area contributed by atoms with Gasteiger partial charge in [-0.3, -0.25) is 0 Å². The molecule has 1 rings (SSSR count). The van der Waals surface area contributed by atoms with E-state index in [0.717, 1.165) is 18.2 Å². The minimum Gasteiger partial charge on any atom is -0.508 e. The third-order valence-corrected chi connectivity index (χ3v) is 1.93. The summed E-state index contributed by atoms with van der Waals surface area (Å²) in [6.07, 6.45) is -2.60. The highest BCUT2D eigenvalue weighted by molar-refractivity contribution is 5.39. The van der Waals surface area contributed by atoms with E-state index in [-0.39, 0.29) is 16.9 Å². The molecule has 78 valence electrons. The van der Waals surface area contributed by atoms with Gasteiger partial charge in [-0.2, -0.15) is 0 Å². The van der Waals surface area contributed by atoms with Gasteiger partial charge in [0.05, 0.1) is 5.60 Å². The van der Waals surface area contributed by atoms with Crippen molar-refractivity contribution < 1.29 is 19.0 Å². The Hall–Kier alpha value is -1.16. The summed E-state index contributed by atoms with van der Waals surface area (Å²) in [5.41, 5.74) is -1.43. The van der Waals surface area contributed by atoms with Crippen LogP contribution in [0.15, 0.2) is 18.2 Å². The SMILES string of the molecule is CC(C)(O)c1cc(C(F)F)ccc1O. The van der Waals surface area contributed by atoms with Gasteiger partial charge in [0.25, 0.3) is 6.43 Å². The van der Waals surface area contributed by atoms with E-state index in [1.54, 1.807) is 0 Å². The van der Waals surface area contributed by atoms with Crippen LogP contribution in [0.1, 0.15) is 31.4 Å². The first kappa shape index (κ1) is 10.9. The van der Waals surface area contributed by atoms with Gasteiger partial charge < -0.3 is 10.2 Å². The molecule has 2 N–H and O–H groups in total. The second-order valence-electron chi connectivity index (χ2n) is 3.64. The van der Waals surface area contributed by atoms with Crippen molar-refractivity contribution in [3.8, 4) is 5.75 Å². The van der Waals surface area contributed by atoms with Gasteiger partial charge in [0, 0.05) is 11.1 Å². The Morgan fingerprint density at radius 2 is 1.86 bits per heavy atom. The minimum absolute atomic E-state index is 0.107. The molecule has 0 fully saturated rings. The molecule has 0 aliphatic carbocycles. The fourth-order valence-electron chi connectivity index (χ4n) is 1.18. The Bertz CT molecular complexity index is 329. The van der Waals surface area contributed by atoms with Crippen LogP contribution < -0.4 is 0 Å². The highest BCUT2D eigenvalue weighted by atomic mass is 19.3. The Morgan fingerprint density at radius 1 is 1.29 bits per heavy atom. The molecule has 0 aliphatic heterocycles. The van der Waals surface area contributed by atoms with Crippen LogP contribution in [0, 0.1) is 0 Å². The molecule has 0 aliphatic rings. The van der Waals surface area contributed by atoms with Gasteiger partial charge in [-0.25, -0.2) is 8.78 Å². The van der Waals surface area contributed by atoms with Crippen molar-refractivity contribution in [1.29, 1.82) is 0 Å². The van der Waals surface area contributed by atoms with Crippen LogP contribution in [-0.2, 0) is 5.60 Å². The van der Waals surface area contributed by atoms with Crippen LogP contribution in [0.5, 0.6) is 5.75 Å². The summed E-state index contributed by atoms with van der Waals surface area (Å²) in [5.74, 6) is -0.179. The second-order valence-corrected chi connectivity index (χ2v) is 3.64. The normalized spacial score (nSPS) is 12.1. The maximum Gasteiger partial charge on any atom is 0.263 e. The summed E-state index contributed by atoms with van der Waals surface area (Å²) in [6, 6.07) is 3.41. The number of hydrogen-bond donors (Lipinski definition) is 2. The fourth-order valence-corrected chi connectivity index (χ4v) is 1.18. The lowest BCUT2D eigenvalue weighted by molar-refractivity contribution is 0.0751. The zero-order valence-corrected chi connectivity index (χ0v) is 7.96. The molecule has 0 unspecified atom stereocenters. The molecule has 0 saturated carbocycles. The zero-order chi connectivity index (χ0) is 10.9. The lowest BCUT2D eigenvalue weighted by atomic mass is 9.95. The number of alkyl halides is 2. The Morgan fingerprint density at radius 3 is 2.29 bits per heavy atom. The number of aromatic hydroxyl groups is 1. The Kier molecular flexibility index (Phi) is 2.76. The van der Waals surface area contributed by atoms with Crippen molar-refractivity contribution in [1.82, 2.24) is 0 Å². The van der Waals surface area contributed by atoms with E-state index in [1.165, 1.54) is 13.8 Å². The zero-order valence-electron chi connectivity index (χ0n) is 7.96. The second kappa shape index (κ2) is 3.53. The average molecular weight is 202 g/mol. The van der Waals surface area contributed by atoms with Crippen molar-refractivity contribution in [3.63, 3.8) is 0 Å². The van der Waals surface area contributed by atoms with Crippen LogP contribution in [0.3, 0.4) is 0 Å². The maximum atomic E-state index is 12.3. The molecular weight excluding hydrogens is 190 g/mol. The van der Waals surface area contributed by atoms with Gasteiger partial charge in [0.15, 0.2) is 0 Å². The van der Waals surface area contributed by atoms with Gasteiger partial charge in [-0.15, -0.1) is 0 Å². The van der Waals surface area contributed by atoms with Crippen molar-refractivity contribution in [2.24, 2.45) is 0 Å². The number of rotatable bonds is 2. The first-order chi connectivity index (χ1) is 6.32. The molecule has 0 aromatic heterocycles. The summed E-state index contributed by atoms with van der Waals surface area (Å²) in [7, 11) is 0. The minimum atomic E-state index is -2.60. The van der Waals surface area contributed by atoms with Crippen molar-refractivity contribution in [3.05, 3.63) is 29.3 Å². The number of benzene rings is 1. The highest BCUT2D eigenvalue weighted by Crippen LogP contribution is 2.32. The molecule has 1 aromatic carbocycles. The Labute approximate surface area is 80.8 Å². The van der Waals surface area contributed by atoms with Crippen LogP contribution in [0.25, 0.3) is 0 Å². The molecule has 0 amide bonds. The van der Waals surface area contributed by atoms with E-state index in [9.17, 15) is 19.0 Å². The standard InChI is InChI=1S/C10H12F2O2/c1-10(2,14)7-5-6(9(11)12)3-4-8(7)13/h3-5,9,13-14H,1-2H3. The number of hydrogen-bond acceptors (Lipinski definition) is 2. The smallest absolute Gasteiger partial charge is 0.263 e. The highest BCUT2D eigenvalue weighted by Gasteiger charge is 2.22. The van der Waals surface area contributed by atoms with Gasteiger partial charge in [-0.05, 0) is 32.0 Å². The van der Waals surface area contributed by atoms with E-state index >= 15 is 0 Å². The molecule has 0 radical (unpaired) electrons. The summed E-state index contributed by atoms with van der Waals surface area (Å²) < 4.78 is 24.6. The molecule has 2 nitrogen and oxygen atoms in total. The van der Waals surface area contributed by atoms with Crippen molar-refractivity contribution in [2.45, 2.75) is 25.9 Å². The predicted octanol–water partition coefficient (Wildman–Crippen LogP) is 2.56. The molecule has 0 saturated heterocycles. The van der Waals surface area contributed by atoms with Gasteiger partial charge in [-0.1, -0.05) is 0 Å². The fraction of sp³-hybridized carbons (Fsp3) is 0.400. The van der Waals surface area contributed by atoms with E-state index in [4.69, 9.17) is 0 Å². The van der Waals surface area contributed by atoms with Gasteiger partial charge >= 0.3 is 0 Å². The summed E-state index contributed by atoms with van der Waals surface area (Å²) in [5, 5.41) is 18.9. The molecule has 14 heavy (non-hydrogen) atoms. The third-order valence-electron chi connectivity index (χ3n) is 1.93. The Balaban J connectivity index is 3.22. The van der Waals surface area contributed by atoms with Crippen LogP contribution >= 0.6 is 0 Å². The average Bonchev–Trinajstić information content (AvgIpc) is 2.02. The van der Waals surface area contributed by atoms with Gasteiger partial charge in [0.1, 0.15) is 5.75 Å². The summed E-state index contributed by atoms with van der Waals surface area (Å²) in [4.78, 5) is 0. The molecule has 1 aromatic rings. The van der Waals surface area contributed by atoms with E-state index in [0.29, 0.717) is 0 Å². The van der Waals surface area contributed by atoms with E-state index in [2.05, 4.69) is 0 Å². The van der Waals surface area contributed by atoms with Crippen LogP contribution in [0.2, 0.25) is 0 Å².